The van der Waals surface area contributed by atoms with Crippen LogP contribution in [0.5, 0.6) is 0 Å². The number of thiophene rings is 1. The minimum Gasteiger partial charge on any atom is -0.481 e. The lowest BCUT2D eigenvalue weighted by Gasteiger charge is -2.15. The highest BCUT2D eigenvalue weighted by molar-refractivity contribution is 7.22. The van der Waals surface area contributed by atoms with Crippen molar-refractivity contribution in [3.8, 4) is 0 Å². The predicted octanol–water partition coefficient (Wildman–Crippen LogP) is 2.82. The Balaban J connectivity index is 1.40. The zero-order valence-corrected chi connectivity index (χ0v) is 18.3. The molecule has 1 aliphatic rings. The van der Waals surface area contributed by atoms with Gasteiger partial charge < -0.3 is 21.0 Å². The SMILES string of the molecule is NCC(C(=O)Nc1cc2ccncc2s1)c1ccc(CC2C[C@]2(CO[N+](=O)[O-])C(=O)O)cc1. The van der Waals surface area contributed by atoms with E-state index in [0.29, 0.717) is 17.8 Å². The number of aromatic nitrogens is 1. The second-order valence-electron chi connectivity index (χ2n) is 8.11. The highest BCUT2D eigenvalue weighted by Crippen LogP contribution is 2.54. The molecule has 4 N–H and O–H groups in total. The van der Waals surface area contributed by atoms with Gasteiger partial charge in [-0.1, -0.05) is 24.3 Å². The van der Waals surface area contributed by atoms with Crippen LogP contribution in [0.25, 0.3) is 10.1 Å². The molecule has 2 unspecified atom stereocenters. The van der Waals surface area contributed by atoms with Crippen LogP contribution >= 0.6 is 11.3 Å². The molecule has 1 aromatic carbocycles. The van der Waals surface area contributed by atoms with Crippen LogP contribution < -0.4 is 11.1 Å². The van der Waals surface area contributed by atoms with Crippen LogP contribution in [0.15, 0.2) is 48.8 Å². The summed E-state index contributed by atoms with van der Waals surface area (Å²) in [5.41, 5.74) is 6.28. The Hall–Kier alpha value is -3.57. The third-order valence-electron chi connectivity index (χ3n) is 6.07. The van der Waals surface area contributed by atoms with Crippen molar-refractivity contribution in [1.29, 1.82) is 0 Å². The normalized spacial score (nSPS) is 20.2. The zero-order chi connectivity index (χ0) is 23.6. The molecule has 172 valence electrons. The van der Waals surface area contributed by atoms with E-state index in [1.807, 2.05) is 24.3 Å². The average Bonchev–Trinajstić information content (AvgIpc) is 3.33. The van der Waals surface area contributed by atoms with Crippen LogP contribution in [0.4, 0.5) is 5.00 Å². The first kappa shape index (κ1) is 22.6. The second-order valence-corrected chi connectivity index (χ2v) is 9.19. The molecule has 0 bridgehead atoms. The summed E-state index contributed by atoms with van der Waals surface area (Å²) in [6.45, 7) is -0.331. The van der Waals surface area contributed by atoms with Gasteiger partial charge in [0.25, 0.3) is 5.09 Å². The summed E-state index contributed by atoms with van der Waals surface area (Å²) in [7, 11) is 0. The van der Waals surface area contributed by atoms with Gasteiger partial charge in [-0.2, -0.15) is 0 Å². The number of aliphatic carboxylic acids is 1. The molecular weight excluding hydrogens is 448 g/mol. The highest BCUT2D eigenvalue weighted by atomic mass is 32.1. The Labute approximate surface area is 192 Å². The molecule has 1 saturated carbocycles. The van der Waals surface area contributed by atoms with Gasteiger partial charge in [0.05, 0.1) is 21.0 Å². The van der Waals surface area contributed by atoms with E-state index >= 15 is 0 Å². The Morgan fingerprint density at radius 1 is 1.36 bits per heavy atom. The number of hydrogen-bond donors (Lipinski definition) is 3. The molecule has 1 aliphatic carbocycles. The molecule has 3 aromatic rings. The van der Waals surface area contributed by atoms with Crippen molar-refractivity contribution >= 4 is 38.3 Å². The molecule has 1 amide bonds. The number of benzene rings is 1. The van der Waals surface area contributed by atoms with Gasteiger partial charge in [0.1, 0.15) is 6.61 Å². The number of nitrogens with two attached hydrogens (primary N) is 1. The molecule has 2 heterocycles. The van der Waals surface area contributed by atoms with Crippen LogP contribution in [-0.4, -0.2) is 40.2 Å². The molecule has 0 saturated heterocycles. The number of amides is 1. The van der Waals surface area contributed by atoms with E-state index in [-0.39, 0.29) is 18.4 Å². The number of pyridine rings is 1. The molecule has 4 rings (SSSR count). The average molecular weight is 471 g/mol. The number of carbonyl (C=O) groups excluding carboxylic acids is 1. The highest BCUT2D eigenvalue weighted by Gasteiger charge is 2.60. The summed E-state index contributed by atoms with van der Waals surface area (Å²) in [6, 6.07) is 11.0. The summed E-state index contributed by atoms with van der Waals surface area (Å²) in [5.74, 6) is -2.11. The lowest BCUT2D eigenvalue weighted by atomic mass is 9.95. The Morgan fingerprint density at radius 3 is 2.76 bits per heavy atom. The molecule has 3 atom stereocenters. The van der Waals surface area contributed by atoms with E-state index in [2.05, 4.69) is 15.1 Å². The molecule has 33 heavy (non-hydrogen) atoms. The van der Waals surface area contributed by atoms with Crippen molar-refractivity contribution < 1.29 is 24.6 Å². The number of carboxylic acid groups (broad SMARTS) is 1. The maximum Gasteiger partial charge on any atom is 0.311 e. The topological polar surface area (TPSA) is 158 Å². The van der Waals surface area contributed by atoms with Crippen LogP contribution in [0.1, 0.15) is 23.5 Å². The van der Waals surface area contributed by atoms with Crippen molar-refractivity contribution in [3.05, 3.63) is 70.0 Å². The Kier molecular flexibility index (Phi) is 6.25. The van der Waals surface area contributed by atoms with Crippen LogP contribution in [0.3, 0.4) is 0 Å². The Morgan fingerprint density at radius 2 is 2.12 bits per heavy atom. The molecule has 0 aliphatic heterocycles. The van der Waals surface area contributed by atoms with Gasteiger partial charge in [0.2, 0.25) is 5.91 Å². The fourth-order valence-corrected chi connectivity index (χ4v) is 4.97. The zero-order valence-electron chi connectivity index (χ0n) is 17.5. The largest absolute Gasteiger partial charge is 0.481 e. The van der Waals surface area contributed by atoms with E-state index in [9.17, 15) is 24.8 Å². The molecule has 10 nitrogen and oxygen atoms in total. The molecular formula is C22H22N4O6S. The van der Waals surface area contributed by atoms with Gasteiger partial charge in [0.15, 0.2) is 0 Å². The number of nitrogens with zero attached hydrogens (tertiary/aromatic N) is 2. The second kappa shape index (κ2) is 9.12. The quantitative estimate of drug-likeness (QED) is 0.301. The van der Waals surface area contributed by atoms with E-state index < -0.39 is 29.0 Å². The van der Waals surface area contributed by atoms with Crippen molar-refractivity contribution in [2.45, 2.75) is 18.8 Å². The Bertz CT molecular complexity index is 1160. The summed E-state index contributed by atoms with van der Waals surface area (Å²) >= 11 is 1.44. The molecule has 2 aromatic heterocycles. The van der Waals surface area contributed by atoms with Crippen molar-refractivity contribution in [1.82, 2.24) is 4.98 Å². The van der Waals surface area contributed by atoms with Crippen molar-refractivity contribution in [2.75, 3.05) is 18.5 Å². The van der Waals surface area contributed by atoms with Gasteiger partial charge >= 0.3 is 5.97 Å². The lowest BCUT2D eigenvalue weighted by molar-refractivity contribution is -0.759. The fourth-order valence-electron chi connectivity index (χ4n) is 4.04. The van der Waals surface area contributed by atoms with Crippen molar-refractivity contribution in [3.63, 3.8) is 0 Å². The summed E-state index contributed by atoms with van der Waals surface area (Å²) in [5, 5.41) is 23.6. The first-order chi connectivity index (χ1) is 15.8. The molecule has 0 spiro atoms. The number of nitrogens with one attached hydrogen (secondary N) is 1. The number of anilines is 1. The van der Waals surface area contributed by atoms with Gasteiger partial charge in [-0.3, -0.25) is 14.6 Å². The van der Waals surface area contributed by atoms with Gasteiger partial charge in [-0.05, 0) is 47.4 Å². The molecule has 0 radical (unpaired) electrons. The van der Waals surface area contributed by atoms with Crippen molar-refractivity contribution in [2.24, 2.45) is 17.1 Å². The number of rotatable bonds is 10. The minimum atomic E-state index is -1.23. The monoisotopic (exact) mass is 470 g/mol. The van der Waals surface area contributed by atoms with E-state index in [1.54, 1.807) is 24.5 Å². The summed E-state index contributed by atoms with van der Waals surface area (Å²) < 4.78 is 0.975. The maximum absolute atomic E-state index is 12.8. The van der Waals surface area contributed by atoms with Crippen LogP contribution in [0, 0.1) is 21.4 Å². The van der Waals surface area contributed by atoms with Gasteiger partial charge in [-0.25, -0.2) is 0 Å². The summed E-state index contributed by atoms with van der Waals surface area (Å²) in [6.07, 6.45) is 4.21. The smallest absolute Gasteiger partial charge is 0.311 e. The lowest BCUT2D eigenvalue weighted by Crippen LogP contribution is -2.27. The number of fused-ring (bicyclic) bond motifs is 1. The van der Waals surface area contributed by atoms with Gasteiger partial charge in [-0.15, -0.1) is 21.5 Å². The minimum absolute atomic E-state index is 0.126. The summed E-state index contributed by atoms with van der Waals surface area (Å²) in [4.78, 5) is 43.3. The molecule has 11 heteroatoms. The standard InChI is InChI=1S/C22H22N4O6S/c23-10-17(20(27)25-19-8-15-5-6-24-11-18(15)33-19)14-3-1-13(2-4-14)7-16-9-22(16,21(28)29)12-32-26(30)31/h1-6,8,11,16-17H,7,9-10,12,23H2,(H,25,27)(H,28,29)/t16?,17?,22-/m1/s1. The third-order valence-corrected chi connectivity index (χ3v) is 7.07. The fraction of sp³-hybridized carbons (Fsp3) is 0.318. The number of hydrogen-bond acceptors (Lipinski definition) is 8. The number of carboxylic acids is 1. The van der Waals surface area contributed by atoms with Gasteiger partial charge in [0, 0.05) is 18.9 Å². The van der Waals surface area contributed by atoms with Crippen LogP contribution in [-0.2, 0) is 20.8 Å². The number of carbonyl (C=O) groups is 2. The van der Waals surface area contributed by atoms with Crippen LogP contribution in [0.2, 0.25) is 0 Å². The molecule has 1 fully saturated rings. The first-order valence-electron chi connectivity index (χ1n) is 10.3. The first-order valence-corrected chi connectivity index (χ1v) is 11.1. The van der Waals surface area contributed by atoms with E-state index in [0.717, 1.165) is 21.2 Å². The van der Waals surface area contributed by atoms with E-state index in [1.165, 1.54) is 11.3 Å². The van der Waals surface area contributed by atoms with E-state index in [4.69, 9.17) is 5.73 Å². The predicted molar refractivity (Wildman–Crippen MR) is 121 cm³/mol. The third kappa shape index (κ3) is 4.78. The maximum atomic E-state index is 12.8.